The van der Waals surface area contributed by atoms with Gasteiger partial charge in [-0.15, -0.1) is 0 Å². The van der Waals surface area contributed by atoms with Gasteiger partial charge in [-0.2, -0.15) is 0 Å². The summed E-state index contributed by atoms with van der Waals surface area (Å²) in [7, 11) is -3.00. The Labute approximate surface area is 64.7 Å². The Bertz CT molecular complexity index is 254. The van der Waals surface area contributed by atoms with Crippen LogP contribution in [0.15, 0.2) is 22.5 Å². The fourth-order valence-corrected chi connectivity index (χ4v) is 2.44. The van der Waals surface area contributed by atoms with Crippen LogP contribution in [0.5, 0.6) is 0 Å². The van der Waals surface area contributed by atoms with E-state index in [4.69, 9.17) is 16.5 Å². The Balaban J connectivity index is 2.95. The van der Waals surface area contributed by atoms with Gasteiger partial charge in [0.15, 0.2) is 0 Å². The summed E-state index contributed by atoms with van der Waals surface area (Å²) < 4.78 is 11.0. The zero-order valence-electron chi connectivity index (χ0n) is 5.54. The molecule has 1 aliphatic heterocycles. The molecule has 4 heteroatoms. The van der Waals surface area contributed by atoms with E-state index in [9.17, 15) is 4.57 Å². The van der Waals surface area contributed by atoms with Crippen molar-refractivity contribution < 1.29 is 9.46 Å². The van der Waals surface area contributed by atoms with Gasteiger partial charge in [0.25, 0.3) is 0 Å². The van der Waals surface area contributed by atoms with E-state index in [1.807, 2.05) is 0 Å². The lowest BCUT2D eigenvalue weighted by Crippen LogP contribution is -1.94. The molecule has 2 nitrogen and oxygen atoms in total. The van der Waals surface area contributed by atoms with Crippen LogP contribution in [-0.4, -0.2) is 11.1 Å². The van der Waals surface area contributed by atoms with Crippen LogP contribution < -0.4 is 0 Å². The average molecular weight is 179 g/mol. The molecule has 1 heterocycles. The highest BCUT2D eigenvalue weighted by atomic mass is 35.5. The van der Waals surface area contributed by atoms with Gasteiger partial charge in [-0.05, 0) is 18.6 Å². The van der Waals surface area contributed by atoms with E-state index in [0.717, 1.165) is 5.57 Å². The van der Waals surface area contributed by atoms with E-state index < -0.39 is 7.37 Å². The number of allylic oxidation sites excluding steroid dienone is 3. The van der Waals surface area contributed by atoms with Gasteiger partial charge in [0.2, 0.25) is 7.37 Å². The van der Waals surface area contributed by atoms with Crippen LogP contribution in [0.25, 0.3) is 0 Å². The third-order valence-corrected chi connectivity index (χ3v) is 3.32. The molecule has 0 aliphatic carbocycles. The van der Waals surface area contributed by atoms with E-state index in [1.54, 1.807) is 6.92 Å². The maximum absolute atomic E-state index is 11.0. The first kappa shape index (κ1) is 8.06. The molecule has 0 bridgehead atoms. The smallest absolute Gasteiger partial charge is 0.226 e. The van der Waals surface area contributed by atoms with Gasteiger partial charge in [-0.1, -0.05) is 11.6 Å². The van der Waals surface area contributed by atoms with Crippen LogP contribution in [0.3, 0.4) is 0 Å². The first-order chi connectivity index (χ1) is 4.51. The number of hydrogen-bond acceptors (Lipinski definition) is 1. The monoisotopic (exact) mass is 178 g/mol. The summed E-state index contributed by atoms with van der Waals surface area (Å²) in [6.45, 7) is 1.76. The summed E-state index contributed by atoms with van der Waals surface area (Å²) in [6, 6.07) is 0. The quantitative estimate of drug-likeness (QED) is 0.578. The second kappa shape index (κ2) is 2.54. The second-order valence-corrected chi connectivity index (χ2v) is 4.89. The summed E-state index contributed by atoms with van der Waals surface area (Å²) in [6.07, 6.45) is 1.68. The maximum atomic E-state index is 11.0. The molecule has 0 saturated heterocycles. The molecule has 0 aromatic heterocycles. The second-order valence-electron chi connectivity index (χ2n) is 2.36. The molecular formula is C6H8ClO2P. The molecule has 1 aliphatic rings. The molecular weight excluding hydrogens is 170 g/mol. The Hall–Kier alpha value is -0.0400. The molecule has 0 aromatic rings. The zero-order valence-corrected chi connectivity index (χ0v) is 7.19. The molecule has 0 aromatic carbocycles. The first-order valence-corrected chi connectivity index (χ1v) is 5.16. The molecule has 0 amide bonds. The van der Waals surface area contributed by atoms with E-state index in [0.29, 0.717) is 5.03 Å². The SMILES string of the molecule is CC1=C(Cl)C=CP(=O)(O)C1. The molecule has 0 radical (unpaired) electrons. The Kier molecular flexibility index (Phi) is 2.04. The third kappa shape index (κ3) is 1.72. The number of halogens is 1. The highest BCUT2D eigenvalue weighted by Crippen LogP contribution is 2.47. The van der Waals surface area contributed by atoms with Crippen LogP contribution in [0.1, 0.15) is 6.92 Å². The van der Waals surface area contributed by atoms with Crippen LogP contribution >= 0.6 is 19.0 Å². The highest BCUT2D eigenvalue weighted by Gasteiger charge is 2.19. The standard InChI is InChI=1S/C6H8ClO2P/c1-5-4-10(8,9)3-2-6(5)7/h2-3H,4H2,1H3,(H,8,9). The summed E-state index contributed by atoms with van der Waals surface area (Å²) in [4.78, 5) is 9.04. The zero-order chi connectivity index (χ0) is 7.78. The van der Waals surface area contributed by atoms with Crippen molar-refractivity contribution in [3.8, 4) is 0 Å². The molecule has 1 unspecified atom stereocenters. The lowest BCUT2D eigenvalue weighted by atomic mass is 10.3. The van der Waals surface area contributed by atoms with E-state index in [2.05, 4.69) is 0 Å². The first-order valence-electron chi connectivity index (χ1n) is 2.87. The molecule has 1 atom stereocenters. The van der Waals surface area contributed by atoms with Crippen LogP contribution in [0.4, 0.5) is 0 Å². The van der Waals surface area contributed by atoms with Crippen molar-refractivity contribution in [1.29, 1.82) is 0 Å². The minimum Gasteiger partial charge on any atom is -0.341 e. The van der Waals surface area contributed by atoms with E-state index >= 15 is 0 Å². The molecule has 10 heavy (non-hydrogen) atoms. The minimum absolute atomic E-state index is 0.197. The largest absolute Gasteiger partial charge is 0.341 e. The van der Waals surface area contributed by atoms with Gasteiger partial charge in [0.05, 0.1) is 6.16 Å². The third-order valence-electron chi connectivity index (χ3n) is 1.33. The topological polar surface area (TPSA) is 37.3 Å². The van der Waals surface area contributed by atoms with Gasteiger partial charge in [-0.25, -0.2) is 0 Å². The van der Waals surface area contributed by atoms with Crippen LogP contribution in [0, 0.1) is 0 Å². The van der Waals surface area contributed by atoms with Crippen molar-refractivity contribution in [2.75, 3.05) is 6.16 Å². The minimum atomic E-state index is -3.00. The Morgan fingerprint density at radius 3 is 2.80 bits per heavy atom. The molecule has 56 valence electrons. The van der Waals surface area contributed by atoms with Crippen molar-refractivity contribution in [1.82, 2.24) is 0 Å². The number of rotatable bonds is 0. The van der Waals surface area contributed by atoms with Crippen molar-refractivity contribution >= 4 is 19.0 Å². The maximum Gasteiger partial charge on any atom is 0.226 e. The summed E-state index contributed by atoms with van der Waals surface area (Å²) >= 11 is 5.65. The van der Waals surface area contributed by atoms with Gasteiger partial charge in [-0.3, -0.25) is 4.57 Å². The summed E-state index contributed by atoms with van der Waals surface area (Å²) in [5.41, 5.74) is 0.787. The fourth-order valence-electron chi connectivity index (χ4n) is 0.792. The normalized spacial score (nSPS) is 33.1. The van der Waals surface area contributed by atoms with Crippen LogP contribution in [-0.2, 0) is 4.57 Å². The summed E-state index contributed by atoms with van der Waals surface area (Å²) in [5.74, 6) is 1.28. The fraction of sp³-hybridized carbons (Fsp3) is 0.333. The van der Waals surface area contributed by atoms with Gasteiger partial charge in [0, 0.05) is 10.8 Å². The van der Waals surface area contributed by atoms with E-state index in [1.165, 1.54) is 11.9 Å². The Morgan fingerprint density at radius 2 is 2.40 bits per heavy atom. The molecule has 1 rings (SSSR count). The predicted octanol–water partition coefficient (Wildman–Crippen LogP) is 2.30. The number of hydrogen-bond donors (Lipinski definition) is 1. The predicted molar refractivity (Wildman–Crippen MR) is 42.4 cm³/mol. The van der Waals surface area contributed by atoms with Gasteiger partial charge >= 0.3 is 0 Å². The lowest BCUT2D eigenvalue weighted by Gasteiger charge is -2.12. The Morgan fingerprint density at radius 1 is 1.80 bits per heavy atom. The van der Waals surface area contributed by atoms with Gasteiger partial charge < -0.3 is 4.89 Å². The summed E-state index contributed by atoms with van der Waals surface area (Å²) in [5, 5.41) is 0.584. The molecule has 0 spiro atoms. The van der Waals surface area contributed by atoms with Crippen molar-refractivity contribution in [2.24, 2.45) is 0 Å². The molecule has 1 N–H and O–H groups in total. The van der Waals surface area contributed by atoms with Crippen molar-refractivity contribution in [3.05, 3.63) is 22.5 Å². The van der Waals surface area contributed by atoms with Crippen molar-refractivity contribution in [2.45, 2.75) is 6.92 Å². The average Bonchev–Trinajstić information content (AvgIpc) is 1.79. The molecule has 0 fully saturated rings. The lowest BCUT2D eigenvalue weighted by molar-refractivity contribution is 0.491. The van der Waals surface area contributed by atoms with Crippen molar-refractivity contribution in [3.63, 3.8) is 0 Å². The van der Waals surface area contributed by atoms with Gasteiger partial charge in [0.1, 0.15) is 0 Å². The van der Waals surface area contributed by atoms with Crippen LogP contribution in [0.2, 0.25) is 0 Å². The highest BCUT2D eigenvalue weighted by molar-refractivity contribution is 7.61. The van der Waals surface area contributed by atoms with E-state index in [-0.39, 0.29) is 6.16 Å². The molecule has 0 saturated carbocycles.